The molecule has 0 saturated carbocycles. The molecular weight excluding hydrogens is 510 g/mol. The van der Waals surface area contributed by atoms with Crippen LogP contribution in [-0.2, 0) is 0 Å². The molecule has 0 amide bonds. The highest BCUT2D eigenvalue weighted by atomic mass is 79.9. The summed E-state index contributed by atoms with van der Waals surface area (Å²) < 4.78 is 41.9. The summed E-state index contributed by atoms with van der Waals surface area (Å²) in [5.41, 5.74) is 1.32. The summed E-state index contributed by atoms with van der Waals surface area (Å²) in [6.45, 7) is 2.83. The van der Waals surface area contributed by atoms with E-state index < -0.39 is 12.4 Å². The van der Waals surface area contributed by atoms with E-state index in [1.54, 1.807) is 18.2 Å². The van der Waals surface area contributed by atoms with Gasteiger partial charge in [-0.15, -0.1) is 38.0 Å². The highest BCUT2D eigenvalue weighted by Gasteiger charge is 2.32. The minimum absolute atomic E-state index is 0. The van der Waals surface area contributed by atoms with E-state index >= 15 is 0 Å². The molecule has 2 aromatic rings. The number of phenolic OH excluding ortho intramolecular Hbond substituents is 1. The Morgan fingerprint density at radius 2 is 1.70 bits per heavy atom. The van der Waals surface area contributed by atoms with Crippen LogP contribution in [0.4, 0.5) is 13.2 Å². The van der Waals surface area contributed by atoms with Crippen molar-refractivity contribution in [1.82, 2.24) is 10.2 Å². The molecule has 0 spiro atoms. The van der Waals surface area contributed by atoms with Crippen molar-refractivity contribution in [1.29, 1.82) is 5.26 Å². The first-order valence-electron chi connectivity index (χ1n) is 8.52. The fourth-order valence-corrected chi connectivity index (χ4v) is 3.82. The maximum Gasteiger partial charge on any atom is 0.573 e. The first-order valence-corrected chi connectivity index (χ1v) is 9.31. The van der Waals surface area contributed by atoms with E-state index in [2.05, 4.69) is 30.9 Å². The van der Waals surface area contributed by atoms with Gasteiger partial charge in [0, 0.05) is 36.2 Å². The van der Waals surface area contributed by atoms with E-state index in [1.165, 1.54) is 18.2 Å². The zero-order chi connectivity index (χ0) is 20.3. The summed E-state index contributed by atoms with van der Waals surface area (Å²) >= 11 is 3.44. The monoisotopic (exact) mass is 527 g/mol. The standard InChI is InChI=1S/C19H17BrF3N3O2.2ClH/c20-15-6-3-13(11-24)18(27)16(15)17(26-9-7-25-8-10-26)12-1-4-14(5-2-12)28-19(21,22)23;;/h1-6,17,25,27H,7-10H2;2*1H/t17-;;/m0../s1. The number of nitrogens with zero attached hydrogens (tertiary/aromatic N) is 2. The number of aromatic hydroxyl groups is 1. The van der Waals surface area contributed by atoms with Crippen LogP contribution >= 0.6 is 40.7 Å². The SMILES string of the molecule is Cl.Cl.N#Cc1ccc(Br)c([C@H](c2ccc(OC(F)(F)F)cc2)N2CCNCC2)c1O. The summed E-state index contributed by atoms with van der Waals surface area (Å²) in [6, 6.07) is 10.3. The van der Waals surface area contributed by atoms with E-state index in [0.29, 0.717) is 28.7 Å². The third kappa shape index (κ3) is 6.15. The largest absolute Gasteiger partial charge is 0.573 e. The molecule has 1 saturated heterocycles. The molecular formula is C19H19BrCl2F3N3O2. The molecule has 0 aliphatic carbocycles. The van der Waals surface area contributed by atoms with Gasteiger partial charge in [0.1, 0.15) is 17.6 Å². The van der Waals surface area contributed by atoms with Gasteiger partial charge in [-0.25, -0.2) is 0 Å². The Morgan fingerprint density at radius 3 is 2.23 bits per heavy atom. The number of phenols is 1. The molecule has 0 unspecified atom stereocenters. The van der Waals surface area contributed by atoms with E-state index in [1.807, 2.05) is 6.07 Å². The van der Waals surface area contributed by atoms with Crippen molar-refractivity contribution in [2.24, 2.45) is 0 Å². The van der Waals surface area contributed by atoms with Crippen molar-refractivity contribution < 1.29 is 23.0 Å². The van der Waals surface area contributed by atoms with Crippen LogP contribution in [0.15, 0.2) is 40.9 Å². The summed E-state index contributed by atoms with van der Waals surface area (Å²) in [6.07, 6.45) is -4.76. The van der Waals surface area contributed by atoms with Gasteiger partial charge in [0.15, 0.2) is 0 Å². The molecule has 164 valence electrons. The summed E-state index contributed by atoms with van der Waals surface area (Å²) in [5, 5.41) is 23.2. The van der Waals surface area contributed by atoms with Gasteiger partial charge in [-0.2, -0.15) is 5.26 Å². The Bertz CT molecular complexity index is 886. The second-order valence-corrected chi connectivity index (χ2v) is 7.13. The van der Waals surface area contributed by atoms with Gasteiger partial charge in [-0.05, 0) is 29.8 Å². The molecule has 2 N–H and O–H groups in total. The molecule has 11 heteroatoms. The lowest BCUT2D eigenvalue weighted by molar-refractivity contribution is -0.274. The lowest BCUT2D eigenvalue weighted by Crippen LogP contribution is -2.45. The predicted octanol–water partition coefficient (Wildman–Crippen LogP) is 4.76. The van der Waals surface area contributed by atoms with Crippen molar-refractivity contribution in [3.63, 3.8) is 0 Å². The summed E-state index contributed by atoms with van der Waals surface area (Å²) in [5.74, 6) is -0.458. The second-order valence-electron chi connectivity index (χ2n) is 6.27. The molecule has 1 aliphatic heterocycles. The number of halogens is 6. The van der Waals surface area contributed by atoms with E-state index in [0.717, 1.165) is 13.1 Å². The number of nitriles is 1. The van der Waals surface area contributed by atoms with Crippen molar-refractivity contribution >= 4 is 40.7 Å². The summed E-state index contributed by atoms with van der Waals surface area (Å²) in [4.78, 5) is 2.11. The molecule has 1 heterocycles. The first kappa shape index (κ1) is 26.3. The van der Waals surface area contributed by atoms with Crippen molar-refractivity contribution in [2.45, 2.75) is 12.4 Å². The van der Waals surface area contributed by atoms with Gasteiger partial charge < -0.3 is 15.2 Å². The van der Waals surface area contributed by atoms with Crippen LogP contribution in [0, 0.1) is 11.3 Å². The van der Waals surface area contributed by atoms with Crippen molar-refractivity contribution in [3.05, 3.63) is 57.6 Å². The van der Waals surface area contributed by atoms with Gasteiger partial charge >= 0.3 is 6.36 Å². The molecule has 1 atom stereocenters. The van der Waals surface area contributed by atoms with Crippen LogP contribution in [0.2, 0.25) is 0 Å². The average Bonchev–Trinajstić information content (AvgIpc) is 2.66. The van der Waals surface area contributed by atoms with Gasteiger partial charge in [0.05, 0.1) is 11.6 Å². The highest BCUT2D eigenvalue weighted by molar-refractivity contribution is 9.10. The van der Waals surface area contributed by atoms with Crippen molar-refractivity contribution in [3.8, 4) is 17.6 Å². The van der Waals surface area contributed by atoms with E-state index in [4.69, 9.17) is 0 Å². The van der Waals surface area contributed by atoms with Crippen LogP contribution in [0.3, 0.4) is 0 Å². The third-order valence-corrected chi connectivity index (χ3v) is 5.20. The third-order valence-electron chi connectivity index (χ3n) is 4.50. The zero-order valence-electron chi connectivity index (χ0n) is 15.4. The molecule has 0 radical (unpaired) electrons. The Balaban J connectivity index is 0.00000225. The Hall–Kier alpha value is -1.70. The highest BCUT2D eigenvalue weighted by Crippen LogP contribution is 2.41. The molecule has 30 heavy (non-hydrogen) atoms. The number of piperazine rings is 1. The summed E-state index contributed by atoms with van der Waals surface area (Å²) in [7, 11) is 0. The van der Waals surface area contributed by atoms with Crippen molar-refractivity contribution in [2.75, 3.05) is 26.2 Å². The minimum atomic E-state index is -4.76. The van der Waals surface area contributed by atoms with Gasteiger partial charge in [-0.1, -0.05) is 28.1 Å². The Labute approximate surface area is 192 Å². The molecule has 3 rings (SSSR count). The van der Waals surface area contributed by atoms with Gasteiger partial charge in [0.2, 0.25) is 0 Å². The number of hydrogen-bond donors (Lipinski definition) is 2. The lowest BCUT2D eigenvalue weighted by atomic mass is 9.94. The normalized spacial score (nSPS) is 15.3. The molecule has 0 bridgehead atoms. The number of hydrogen-bond acceptors (Lipinski definition) is 5. The Morgan fingerprint density at radius 1 is 1.10 bits per heavy atom. The maximum atomic E-state index is 12.4. The number of benzene rings is 2. The number of rotatable bonds is 4. The molecule has 0 aromatic heterocycles. The van der Waals surface area contributed by atoms with E-state index in [9.17, 15) is 23.5 Å². The zero-order valence-corrected chi connectivity index (χ0v) is 18.7. The van der Waals surface area contributed by atoms with Crippen LogP contribution in [0.5, 0.6) is 11.5 Å². The maximum absolute atomic E-state index is 12.4. The average molecular weight is 529 g/mol. The topological polar surface area (TPSA) is 68.5 Å². The Kier molecular flexibility index (Phi) is 9.72. The number of ether oxygens (including phenoxy) is 1. The van der Waals surface area contributed by atoms with Gasteiger partial charge in [-0.3, -0.25) is 4.90 Å². The second kappa shape index (κ2) is 11.1. The molecule has 5 nitrogen and oxygen atoms in total. The fourth-order valence-electron chi connectivity index (χ4n) is 3.29. The van der Waals surface area contributed by atoms with Crippen LogP contribution in [0.1, 0.15) is 22.7 Å². The van der Waals surface area contributed by atoms with E-state index in [-0.39, 0.29) is 41.9 Å². The molecule has 2 aromatic carbocycles. The smallest absolute Gasteiger partial charge is 0.506 e. The minimum Gasteiger partial charge on any atom is -0.506 e. The van der Waals surface area contributed by atoms with Gasteiger partial charge in [0.25, 0.3) is 0 Å². The number of nitrogens with one attached hydrogen (secondary N) is 1. The van der Waals surface area contributed by atoms with Crippen LogP contribution in [0.25, 0.3) is 0 Å². The van der Waals surface area contributed by atoms with Crippen LogP contribution < -0.4 is 10.1 Å². The fraction of sp³-hybridized carbons (Fsp3) is 0.316. The quantitative estimate of drug-likeness (QED) is 0.598. The predicted molar refractivity (Wildman–Crippen MR) is 114 cm³/mol. The number of alkyl halides is 3. The first-order chi connectivity index (χ1) is 13.3. The molecule has 1 fully saturated rings. The molecule has 1 aliphatic rings. The van der Waals surface area contributed by atoms with Crippen LogP contribution in [-0.4, -0.2) is 42.5 Å². The lowest BCUT2D eigenvalue weighted by Gasteiger charge is -2.36.